The first-order valence-electron chi connectivity index (χ1n) is 4.80. The highest BCUT2D eigenvalue weighted by Gasteiger charge is 2.03. The molecule has 1 heterocycles. The number of aryl methyl sites for hydroxylation is 1. The Morgan fingerprint density at radius 1 is 1.33 bits per heavy atom. The van der Waals surface area contributed by atoms with Crippen LogP contribution in [0.3, 0.4) is 0 Å². The van der Waals surface area contributed by atoms with Crippen LogP contribution < -0.4 is 5.73 Å². The summed E-state index contributed by atoms with van der Waals surface area (Å²) in [4.78, 5) is 2.35. The van der Waals surface area contributed by atoms with Crippen molar-refractivity contribution in [3.63, 3.8) is 0 Å². The third kappa shape index (κ3) is 2.43. The molecule has 0 aliphatic heterocycles. The highest BCUT2D eigenvalue weighted by molar-refractivity contribution is 7.99. The zero-order valence-electron chi connectivity index (χ0n) is 8.57. The average Bonchev–Trinajstić information content (AvgIpc) is 2.65. The Morgan fingerprint density at radius 3 is 2.87 bits per heavy atom. The molecule has 0 spiro atoms. The quantitative estimate of drug-likeness (QED) is 0.861. The third-order valence-corrected chi connectivity index (χ3v) is 3.31. The standard InChI is InChI=1S/C12H13NOS/c1-9-12(5-6-14-9)15-11-4-2-3-10(7-11)8-13/h2-7H,8,13H2,1H3. The van der Waals surface area contributed by atoms with Gasteiger partial charge in [0.15, 0.2) is 0 Å². The van der Waals surface area contributed by atoms with Crippen LogP contribution >= 0.6 is 11.8 Å². The van der Waals surface area contributed by atoms with Gasteiger partial charge in [0.2, 0.25) is 0 Å². The maximum absolute atomic E-state index is 5.59. The molecular weight excluding hydrogens is 206 g/mol. The van der Waals surface area contributed by atoms with Gasteiger partial charge in [-0.05, 0) is 30.7 Å². The highest BCUT2D eigenvalue weighted by atomic mass is 32.2. The minimum Gasteiger partial charge on any atom is -0.468 e. The van der Waals surface area contributed by atoms with Crippen LogP contribution in [-0.2, 0) is 6.54 Å². The Kier molecular flexibility index (Phi) is 3.14. The van der Waals surface area contributed by atoms with E-state index in [0.717, 1.165) is 16.2 Å². The number of furan rings is 1. The molecule has 1 aromatic heterocycles. The van der Waals surface area contributed by atoms with E-state index in [2.05, 4.69) is 12.1 Å². The topological polar surface area (TPSA) is 39.2 Å². The van der Waals surface area contributed by atoms with Crippen LogP contribution in [0.1, 0.15) is 11.3 Å². The predicted octanol–water partition coefficient (Wildman–Crippen LogP) is 3.20. The van der Waals surface area contributed by atoms with Crippen molar-refractivity contribution in [3.05, 3.63) is 47.9 Å². The van der Waals surface area contributed by atoms with Gasteiger partial charge in [0.1, 0.15) is 5.76 Å². The number of hydrogen-bond acceptors (Lipinski definition) is 3. The first kappa shape index (κ1) is 10.3. The van der Waals surface area contributed by atoms with Gasteiger partial charge in [-0.25, -0.2) is 0 Å². The van der Waals surface area contributed by atoms with Gasteiger partial charge in [-0.3, -0.25) is 0 Å². The normalized spacial score (nSPS) is 10.5. The summed E-state index contributed by atoms with van der Waals surface area (Å²) in [5, 5.41) is 0. The van der Waals surface area contributed by atoms with Gasteiger partial charge in [0.05, 0.1) is 11.2 Å². The predicted molar refractivity (Wildman–Crippen MR) is 61.9 cm³/mol. The lowest BCUT2D eigenvalue weighted by Crippen LogP contribution is -1.95. The summed E-state index contributed by atoms with van der Waals surface area (Å²) in [5.41, 5.74) is 6.75. The van der Waals surface area contributed by atoms with Gasteiger partial charge in [-0.1, -0.05) is 23.9 Å². The Morgan fingerprint density at radius 2 is 2.20 bits per heavy atom. The summed E-state index contributed by atoms with van der Waals surface area (Å²) in [7, 11) is 0. The summed E-state index contributed by atoms with van der Waals surface area (Å²) >= 11 is 1.70. The first-order chi connectivity index (χ1) is 7.29. The van der Waals surface area contributed by atoms with Crippen LogP contribution in [0.5, 0.6) is 0 Å². The number of rotatable bonds is 3. The highest BCUT2D eigenvalue weighted by Crippen LogP contribution is 2.31. The smallest absolute Gasteiger partial charge is 0.114 e. The molecule has 0 aliphatic rings. The number of hydrogen-bond donors (Lipinski definition) is 1. The van der Waals surface area contributed by atoms with Crippen molar-refractivity contribution in [3.8, 4) is 0 Å². The van der Waals surface area contributed by atoms with Crippen molar-refractivity contribution in [1.29, 1.82) is 0 Å². The number of benzene rings is 1. The second-order valence-corrected chi connectivity index (χ2v) is 4.41. The molecule has 0 saturated carbocycles. The molecule has 3 heteroatoms. The van der Waals surface area contributed by atoms with Crippen molar-refractivity contribution in [2.75, 3.05) is 0 Å². The summed E-state index contributed by atoms with van der Waals surface area (Å²) in [6.45, 7) is 2.55. The summed E-state index contributed by atoms with van der Waals surface area (Å²) < 4.78 is 5.25. The molecule has 2 aromatic rings. The Bertz CT molecular complexity index is 450. The molecule has 2 nitrogen and oxygen atoms in total. The SMILES string of the molecule is Cc1occc1Sc1cccc(CN)c1. The van der Waals surface area contributed by atoms with E-state index in [0.29, 0.717) is 6.54 Å². The lowest BCUT2D eigenvalue weighted by atomic mass is 10.2. The fourth-order valence-corrected chi connectivity index (χ4v) is 2.27. The molecule has 0 saturated heterocycles. The Balaban J connectivity index is 2.21. The first-order valence-corrected chi connectivity index (χ1v) is 5.62. The lowest BCUT2D eigenvalue weighted by Gasteiger charge is -2.02. The van der Waals surface area contributed by atoms with Gasteiger partial charge in [-0.2, -0.15) is 0 Å². The van der Waals surface area contributed by atoms with Crippen LogP contribution in [0.15, 0.2) is 50.8 Å². The summed E-state index contributed by atoms with van der Waals surface area (Å²) in [5.74, 6) is 0.957. The molecule has 0 unspecified atom stereocenters. The van der Waals surface area contributed by atoms with Crippen LogP contribution in [0, 0.1) is 6.92 Å². The van der Waals surface area contributed by atoms with Gasteiger partial charge >= 0.3 is 0 Å². The fourth-order valence-electron chi connectivity index (χ4n) is 1.34. The molecule has 0 fully saturated rings. The third-order valence-electron chi connectivity index (χ3n) is 2.17. The van der Waals surface area contributed by atoms with Crippen LogP contribution in [0.25, 0.3) is 0 Å². The van der Waals surface area contributed by atoms with Crippen molar-refractivity contribution in [2.24, 2.45) is 5.73 Å². The van der Waals surface area contributed by atoms with Crippen molar-refractivity contribution >= 4 is 11.8 Å². The summed E-state index contributed by atoms with van der Waals surface area (Å²) in [6.07, 6.45) is 1.71. The maximum atomic E-state index is 5.59. The van der Waals surface area contributed by atoms with Crippen LogP contribution in [0.4, 0.5) is 0 Å². The molecule has 0 bridgehead atoms. The molecule has 0 radical (unpaired) electrons. The van der Waals surface area contributed by atoms with E-state index >= 15 is 0 Å². The number of nitrogens with two attached hydrogens (primary N) is 1. The lowest BCUT2D eigenvalue weighted by molar-refractivity contribution is 0.527. The molecule has 0 aliphatic carbocycles. The van der Waals surface area contributed by atoms with Gasteiger partial charge in [0, 0.05) is 11.4 Å². The molecule has 0 amide bonds. The fraction of sp³-hybridized carbons (Fsp3) is 0.167. The molecule has 0 atom stereocenters. The zero-order valence-corrected chi connectivity index (χ0v) is 9.38. The maximum Gasteiger partial charge on any atom is 0.114 e. The minimum absolute atomic E-state index is 0.582. The average molecular weight is 219 g/mol. The van der Waals surface area contributed by atoms with E-state index in [1.54, 1.807) is 18.0 Å². The van der Waals surface area contributed by atoms with E-state index in [9.17, 15) is 0 Å². The Hall–Kier alpha value is -1.19. The molecule has 2 N–H and O–H groups in total. The molecule has 15 heavy (non-hydrogen) atoms. The van der Waals surface area contributed by atoms with Gasteiger partial charge < -0.3 is 10.2 Å². The second kappa shape index (κ2) is 4.55. The molecule has 78 valence electrons. The summed E-state index contributed by atoms with van der Waals surface area (Å²) in [6, 6.07) is 10.2. The van der Waals surface area contributed by atoms with Gasteiger partial charge in [-0.15, -0.1) is 0 Å². The second-order valence-electron chi connectivity index (χ2n) is 3.29. The Labute approximate surface area is 93.5 Å². The molecule has 2 rings (SSSR count). The monoisotopic (exact) mass is 219 g/mol. The molecule has 1 aromatic carbocycles. The van der Waals surface area contributed by atoms with E-state index in [1.807, 2.05) is 25.1 Å². The van der Waals surface area contributed by atoms with E-state index < -0.39 is 0 Å². The van der Waals surface area contributed by atoms with E-state index in [4.69, 9.17) is 10.2 Å². The van der Waals surface area contributed by atoms with Crippen LogP contribution in [-0.4, -0.2) is 0 Å². The van der Waals surface area contributed by atoms with Crippen molar-refractivity contribution < 1.29 is 4.42 Å². The van der Waals surface area contributed by atoms with Crippen LogP contribution in [0.2, 0.25) is 0 Å². The van der Waals surface area contributed by atoms with Crippen molar-refractivity contribution in [1.82, 2.24) is 0 Å². The van der Waals surface area contributed by atoms with E-state index in [1.165, 1.54) is 4.90 Å². The van der Waals surface area contributed by atoms with E-state index in [-0.39, 0.29) is 0 Å². The largest absolute Gasteiger partial charge is 0.468 e. The van der Waals surface area contributed by atoms with Gasteiger partial charge in [0.25, 0.3) is 0 Å². The minimum atomic E-state index is 0.582. The molecular formula is C12H13NOS. The zero-order chi connectivity index (χ0) is 10.7. The van der Waals surface area contributed by atoms with Crippen molar-refractivity contribution in [2.45, 2.75) is 23.3 Å².